The topological polar surface area (TPSA) is 62.7 Å². The number of nitriles is 1. The normalized spacial score (nSPS) is 11.8. The van der Waals surface area contributed by atoms with Crippen LogP contribution < -0.4 is 5.73 Å². The summed E-state index contributed by atoms with van der Waals surface area (Å²) >= 11 is 0. The number of nitrogens with zero attached hydrogens (tertiary/aromatic N) is 2. The standard InChI is InChI=1S/C15H15N3/c1-11(17)6-12-2-4-14(5-3-12)15-7-13(8-16)9-18-10-15/h2-5,7,9-11H,6,17H2,1H3. The van der Waals surface area contributed by atoms with Crippen LogP contribution in [-0.2, 0) is 6.42 Å². The van der Waals surface area contributed by atoms with Gasteiger partial charge in [-0.25, -0.2) is 0 Å². The van der Waals surface area contributed by atoms with Gasteiger partial charge in [0.15, 0.2) is 0 Å². The van der Waals surface area contributed by atoms with Gasteiger partial charge >= 0.3 is 0 Å². The van der Waals surface area contributed by atoms with Crippen molar-refractivity contribution in [2.75, 3.05) is 0 Å². The summed E-state index contributed by atoms with van der Waals surface area (Å²) in [4.78, 5) is 4.06. The zero-order valence-corrected chi connectivity index (χ0v) is 10.3. The van der Waals surface area contributed by atoms with Gasteiger partial charge in [0.05, 0.1) is 5.56 Å². The Hall–Kier alpha value is -2.18. The molecule has 2 N–H and O–H groups in total. The smallest absolute Gasteiger partial charge is 0.101 e. The van der Waals surface area contributed by atoms with Crippen LogP contribution in [0.15, 0.2) is 42.7 Å². The first-order chi connectivity index (χ1) is 8.69. The molecule has 2 aromatic rings. The first-order valence-corrected chi connectivity index (χ1v) is 5.89. The number of benzene rings is 1. The molecule has 90 valence electrons. The van der Waals surface area contributed by atoms with Crippen LogP contribution in [0.3, 0.4) is 0 Å². The number of aromatic nitrogens is 1. The first-order valence-electron chi connectivity index (χ1n) is 5.89. The molecule has 0 saturated carbocycles. The Bertz CT molecular complexity index is 565. The van der Waals surface area contributed by atoms with Crippen molar-refractivity contribution in [1.82, 2.24) is 4.98 Å². The van der Waals surface area contributed by atoms with E-state index in [0.717, 1.165) is 17.5 Å². The van der Waals surface area contributed by atoms with Gasteiger partial charge in [0.25, 0.3) is 0 Å². The molecule has 3 heteroatoms. The molecule has 1 unspecified atom stereocenters. The molecule has 0 amide bonds. The van der Waals surface area contributed by atoms with Crippen molar-refractivity contribution in [3.63, 3.8) is 0 Å². The lowest BCUT2D eigenvalue weighted by molar-refractivity contribution is 0.738. The number of hydrogen-bond acceptors (Lipinski definition) is 3. The van der Waals surface area contributed by atoms with E-state index in [1.54, 1.807) is 12.4 Å². The van der Waals surface area contributed by atoms with Gasteiger partial charge in [0.1, 0.15) is 6.07 Å². The van der Waals surface area contributed by atoms with E-state index in [0.29, 0.717) is 5.56 Å². The Morgan fingerprint density at radius 3 is 2.56 bits per heavy atom. The minimum absolute atomic E-state index is 0.166. The highest BCUT2D eigenvalue weighted by molar-refractivity contribution is 5.64. The van der Waals surface area contributed by atoms with Crippen molar-refractivity contribution in [2.45, 2.75) is 19.4 Å². The fraction of sp³-hybridized carbons (Fsp3) is 0.200. The summed E-state index contributed by atoms with van der Waals surface area (Å²) in [6.07, 6.45) is 4.20. The molecule has 0 aliphatic heterocycles. The van der Waals surface area contributed by atoms with Crippen LogP contribution in [0.25, 0.3) is 11.1 Å². The second kappa shape index (κ2) is 5.44. The second-order valence-electron chi connectivity index (χ2n) is 4.45. The highest BCUT2D eigenvalue weighted by Crippen LogP contribution is 2.20. The minimum atomic E-state index is 0.166. The van der Waals surface area contributed by atoms with E-state index in [1.807, 2.05) is 25.1 Å². The summed E-state index contributed by atoms with van der Waals surface area (Å²) in [5.41, 5.74) is 9.58. The zero-order chi connectivity index (χ0) is 13.0. The van der Waals surface area contributed by atoms with Crippen LogP contribution in [0.1, 0.15) is 18.1 Å². The quantitative estimate of drug-likeness (QED) is 0.892. The van der Waals surface area contributed by atoms with Gasteiger partial charge in [-0.2, -0.15) is 5.26 Å². The predicted octanol–water partition coefficient (Wildman–Crippen LogP) is 2.51. The van der Waals surface area contributed by atoms with E-state index >= 15 is 0 Å². The van der Waals surface area contributed by atoms with Crippen LogP contribution in [0.2, 0.25) is 0 Å². The van der Waals surface area contributed by atoms with Gasteiger partial charge in [-0.15, -0.1) is 0 Å². The highest BCUT2D eigenvalue weighted by Gasteiger charge is 2.01. The highest BCUT2D eigenvalue weighted by atomic mass is 14.6. The lowest BCUT2D eigenvalue weighted by atomic mass is 10.0. The van der Waals surface area contributed by atoms with E-state index in [9.17, 15) is 0 Å². The van der Waals surface area contributed by atoms with Gasteiger partial charge in [-0.05, 0) is 30.5 Å². The van der Waals surface area contributed by atoms with Crippen LogP contribution in [0, 0.1) is 11.3 Å². The molecular weight excluding hydrogens is 222 g/mol. The average Bonchev–Trinajstić information content (AvgIpc) is 2.39. The molecule has 18 heavy (non-hydrogen) atoms. The van der Waals surface area contributed by atoms with Crippen LogP contribution >= 0.6 is 0 Å². The van der Waals surface area contributed by atoms with Crippen molar-refractivity contribution >= 4 is 0 Å². The number of nitrogens with two attached hydrogens (primary N) is 1. The van der Waals surface area contributed by atoms with E-state index < -0.39 is 0 Å². The molecule has 0 fully saturated rings. The van der Waals surface area contributed by atoms with Gasteiger partial charge in [0, 0.05) is 24.0 Å². The Kier molecular flexibility index (Phi) is 3.71. The molecule has 0 aliphatic rings. The minimum Gasteiger partial charge on any atom is -0.328 e. The summed E-state index contributed by atoms with van der Waals surface area (Å²) in [7, 11) is 0. The number of rotatable bonds is 3. The van der Waals surface area contributed by atoms with Crippen molar-refractivity contribution < 1.29 is 0 Å². The number of hydrogen-bond donors (Lipinski definition) is 1. The largest absolute Gasteiger partial charge is 0.328 e. The lowest BCUT2D eigenvalue weighted by Gasteiger charge is -2.06. The van der Waals surface area contributed by atoms with Crippen molar-refractivity contribution in [1.29, 1.82) is 5.26 Å². The zero-order valence-electron chi connectivity index (χ0n) is 10.3. The summed E-state index contributed by atoms with van der Waals surface area (Å²) in [5, 5.41) is 8.85. The Labute approximate surface area is 107 Å². The monoisotopic (exact) mass is 237 g/mol. The SMILES string of the molecule is CC(N)Cc1ccc(-c2cncc(C#N)c2)cc1. The Morgan fingerprint density at radius 1 is 1.22 bits per heavy atom. The summed E-state index contributed by atoms with van der Waals surface area (Å²) in [6.45, 7) is 1.99. The molecule has 0 spiro atoms. The summed E-state index contributed by atoms with van der Waals surface area (Å²) < 4.78 is 0. The third-order valence-electron chi connectivity index (χ3n) is 2.71. The lowest BCUT2D eigenvalue weighted by Crippen LogP contribution is -2.17. The van der Waals surface area contributed by atoms with Crippen molar-refractivity contribution in [3.8, 4) is 17.2 Å². The fourth-order valence-corrected chi connectivity index (χ4v) is 1.86. The van der Waals surface area contributed by atoms with Gasteiger partial charge in [-0.1, -0.05) is 24.3 Å². The fourth-order valence-electron chi connectivity index (χ4n) is 1.86. The van der Waals surface area contributed by atoms with E-state index in [1.165, 1.54) is 5.56 Å². The van der Waals surface area contributed by atoms with Gasteiger partial charge in [0.2, 0.25) is 0 Å². The molecule has 0 saturated heterocycles. The maximum absolute atomic E-state index is 8.85. The van der Waals surface area contributed by atoms with E-state index in [4.69, 9.17) is 11.0 Å². The molecule has 1 aromatic heterocycles. The molecule has 0 bridgehead atoms. The summed E-state index contributed by atoms with van der Waals surface area (Å²) in [5.74, 6) is 0. The molecular formula is C15H15N3. The molecule has 1 atom stereocenters. The number of pyridine rings is 1. The molecule has 1 heterocycles. The maximum Gasteiger partial charge on any atom is 0.101 e. The Balaban J connectivity index is 2.26. The van der Waals surface area contributed by atoms with Gasteiger partial charge in [-0.3, -0.25) is 4.98 Å². The van der Waals surface area contributed by atoms with E-state index in [2.05, 4.69) is 23.2 Å². The van der Waals surface area contributed by atoms with E-state index in [-0.39, 0.29) is 6.04 Å². The molecule has 0 aliphatic carbocycles. The van der Waals surface area contributed by atoms with Gasteiger partial charge < -0.3 is 5.73 Å². The molecule has 2 rings (SSSR count). The average molecular weight is 237 g/mol. The third-order valence-corrected chi connectivity index (χ3v) is 2.71. The maximum atomic E-state index is 8.85. The second-order valence-corrected chi connectivity index (χ2v) is 4.45. The van der Waals surface area contributed by atoms with Crippen LogP contribution in [-0.4, -0.2) is 11.0 Å². The predicted molar refractivity (Wildman–Crippen MR) is 71.7 cm³/mol. The van der Waals surface area contributed by atoms with Crippen molar-refractivity contribution in [2.24, 2.45) is 5.73 Å². The van der Waals surface area contributed by atoms with Crippen LogP contribution in [0.4, 0.5) is 0 Å². The molecule has 1 aromatic carbocycles. The summed E-state index contributed by atoms with van der Waals surface area (Å²) in [6, 6.07) is 12.3. The Morgan fingerprint density at radius 2 is 1.94 bits per heavy atom. The third kappa shape index (κ3) is 2.93. The molecule has 0 radical (unpaired) electrons. The van der Waals surface area contributed by atoms with Crippen LogP contribution in [0.5, 0.6) is 0 Å². The molecule has 3 nitrogen and oxygen atoms in total. The first kappa shape index (κ1) is 12.3. The van der Waals surface area contributed by atoms with Crippen molar-refractivity contribution in [3.05, 3.63) is 53.9 Å².